The number of hydrogen-bond donors (Lipinski definition) is 3. The molecule has 4 rings (SSSR count). The molecule has 0 radical (unpaired) electrons. The van der Waals surface area contributed by atoms with Gasteiger partial charge in [-0.1, -0.05) is 48.0 Å². The van der Waals surface area contributed by atoms with E-state index in [1.54, 1.807) is 55.5 Å². The van der Waals surface area contributed by atoms with E-state index in [1.165, 1.54) is 17.2 Å². The predicted octanol–water partition coefficient (Wildman–Crippen LogP) is 3.89. The first kappa shape index (κ1) is 22.3. The van der Waals surface area contributed by atoms with Crippen LogP contribution in [0.3, 0.4) is 0 Å². The van der Waals surface area contributed by atoms with Crippen LogP contribution < -0.4 is 10.4 Å². The van der Waals surface area contributed by atoms with Crippen molar-refractivity contribution in [3.63, 3.8) is 0 Å². The topological polar surface area (TPSA) is 115 Å². The molecule has 0 bridgehead atoms. The van der Waals surface area contributed by atoms with Crippen LogP contribution in [-0.4, -0.2) is 39.1 Å². The monoisotopic (exact) mass is 464 g/mol. The number of allylic oxidation sites excluding steroid dienone is 2. The van der Waals surface area contributed by atoms with E-state index in [1.807, 2.05) is 6.92 Å². The first-order valence-electron chi connectivity index (χ1n) is 10.1. The number of aliphatic carboxylic acids is 1. The highest BCUT2D eigenvalue weighted by Crippen LogP contribution is 2.35. The van der Waals surface area contributed by atoms with Crippen molar-refractivity contribution >= 4 is 46.2 Å². The standard InChI is InChI=1S/C24H21ClN4O4/c1-14-9-10-17(12-19(14)25)29-22(31)21(15(2)27-29)26-28-24(23(32)33)11-5-6-16(13-24)18-7-3-4-8-20(18)30/h3-12,28,30H,13H2,1-2H3,(H,32,33). The minimum Gasteiger partial charge on any atom is -0.507 e. The molecule has 33 heavy (non-hydrogen) atoms. The third-order valence-electron chi connectivity index (χ3n) is 5.53. The molecule has 9 heteroatoms. The summed E-state index contributed by atoms with van der Waals surface area (Å²) in [5.74, 6) is -1.63. The van der Waals surface area contributed by atoms with E-state index >= 15 is 0 Å². The molecule has 8 nitrogen and oxygen atoms in total. The average molecular weight is 465 g/mol. The van der Waals surface area contributed by atoms with Crippen LogP contribution >= 0.6 is 11.6 Å². The number of benzene rings is 2. The van der Waals surface area contributed by atoms with Crippen LogP contribution in [0, 0.1) is 6.92 Å². The third kappa shape index (κ3) is 4.12. The maximum Gasteiger partial charge on any atom is 0.335 e. The summed E-state index contributed by atoms with van der Waals surface area (Å²) in [7, 11) is 0. The summed E-state index contributed by atoms with van der Waals surface area (Å²) in [4.78, 5) is 25.2. The maximum absolute atomic E-state index is 13.0. The molecule has 1 unspecified atom stereocenters. The van der Waals surface area contributed by atoms with Crippen molar-refractivity contribution < 1.29 is 19.8 Å². The molecular formula is C24H21ClN4O4. The van der Waals surface area contributed by atoms with Gasteiger partial charge < -0.3 is 10.2 Å². The first-order valence-corrected chi connectivity index (χ1v) is 10.5. The molecule has 1 heterocycles. The molecule has 168 valence electrons. The fourth-order valence-corrected chi connectivity index (χ4v) is 3.79. The van der Waals surface area contributed by atoms with Gasteiger partial charge in [0.05, 0.1) is 11.4 Å². The summed E-state index contributed by atoms with van der Waals surface area (Å²) in [6, 6.07) is 11.8. The van der Waals surface area contributed by atoms with Gasteiger partial charge in [-0.2, -0.15) is 15.2 Å². The van der Waals surface area contributed by atoms with Crippen LogP contribution in [0.15, 0.2) is 70.9 Å². The van der Waals surface area contributed by atoms with E-state index in [4.69, 9.17) is 11.6 Å². The number of carbonyl (C=O) groups is 2. The lowest BCUT2D eigenvalue weighted by Gasteiger charge is -2.29. The van der Waals surface area contributed by atoms with E-state index in [0.717, 1.165) is 5.56 Å². The van der Waals surface area contributed by atoms with E-state index in [2.05, 4.69) is 15.6 Å². The fourth-order valence-electron chi connectivity index (χ4n) is 3.62. The van der Waals surface area contributed by atoms with Crippen molar-refractivity contribution in [2.75, 3.05) is 5.01 Å². The van der Waals surface area contributed by atoms with E-state index in [-0.39, 0.29) is 17.9 Å². The SMILES string of the molecule is CC1=NN(c2ccc(C)c(Cl)c2)C(=O)C1=NNC1(C(=O)O)C=CC=C(c2ccccc2O)C1. The lowest BCUT2D eigenvalue weighted by Crippen LogP contribution is -2.50. The van der Waals surface area contributed by atoms with E-state index < -0.39 is 17.4 Å². The molecule has 1 amide bonds. The highest BCUT2D eigenvalue weighted by Gasteiger charge is 2.40. The van der Waals surface area contributed by atoms with Crippen LogP contribution in [0.2, 0.25) is 5.02 Å². The minimum absolute atomic E-state index is 0.000571. The second-order valence-corrected chi connectivity index (χ2v) is 8.24. The summed E-state index contributed by atoms with van der Waals surface area (Å²) in [5.41, 5.74) is 3.89. The number of hydrogen-bond acceptors (Lipinski definition) is 6. The van der Waals surface area contributed by atoms with Crippen LogP contribution in [0.25, 0.3) is 5.57 Å². The van der Waals surface area contributed by atoms with E-state index in [0.29, 0.717) is 27.6 Å². The van der Waals surface area contributed by atoms with Gasteiger partial charge in [-0.15, -0.1) is 0 Å². The Morgan fingerprint density at radius 2 is 2.00 bits per heavy atom. The number of anilines is 1. The van der Waals surface area contributed by atoms with Gasteiger partial charge in [0.1, 0.15) is 5.75 Å². The van der Waals surface area contributed by atoms with Gasteiger partial charge in [0.2, 0.25) is 0 Å². The van der Waals surface area contributed by atoms with Gasteiger partial charge in [-0.25, -0.2) is 4.79 Å². The zero-order chi connectivity index (χ0) is 23.8. The summed E-state index contributed by atoms with van der Waals surface area (Å²) in [5, 5.41) is 30.3. The highest BCUT2D eigenvalue weighted by atomic mass is 35.5. The molecule has 0 saturated heterocycles. The number of phenols is 1. The molecule has 2 aromatic rings. The number of halogens is 1. The number of amides is 1. The minimum atomic E-state index is -1.61. The number of carbonyl (C=O) groups excluding carboxylic acids is 1. The molecule has 0 fully saturated rings. The number of phenolic OH excluding ortho intramolecular Hbond substituents is 1. The Hall–Kier alpha value is -3.91. The third-order valence-corrected chi connectivity index (χ3v) is 5.94. The Morgan fingerprint density at radius 1 is 1.24 bits per heavy atom. The molecule has 1 aliphatic heterocycles. The van der Waals surface area contributed by atoms with E-state index in [9.17, 15) is 19.8 Å². The highest BCUT2D eigenvalue weighted by molar-refractivity contribution is 6.71. The van der Waals surface area contributed by atoms with Crippen molar-refractivity contribution in [1.29, 1.82) is 0 Å². The number of aryl methyl sites for hydroxylation is 1. The van der Waals surface area contributed by atoms with Crippen molar-refractivity contribution in [1.82, 2.24) is 5.43 Å². The number of carboxylic acids is 1. The average Bonchev–Trinajstić information content (AvgIpc) is 3.08. The van der Waals surface area contributed by atoms with Gasteiger partial charge in [-0.3, -0.25) is 10.2 Å². The lowest BCUT2D eigenvalue weighted by atomic mass is 9.84. The predicted molar refractivity (Wildman–Crippen MR) is 128 cm³/mol. The number of nitrogens with zero attached hydrogens (tertiary/aromatic N) is 3. The molecule has 1 atom stereocenters. The second-order valence-electron chi connectivity index (χ2n) is 7.83. The molecule has 1 aliphatic carbocycles. The van der Waals surface area contributed by atoms with Crippen molar-refractivity contribution in [2.24, 2.45) is 10.2 Å². The number of aromatic hydroxyl groups is 1. The smallest absolute Gasteiger partial charge is 0.335 e. The molecule has 3 N–H and O–H groups in total. The molecule has 0 aromatic heterocycles. The zero-order valence-corrected chi connectivity index (χ0v) is 18.7. The van der Waals surface area contributed by atoms with Gasteiger partial charge in [0, 0.05) is 17.0 Å². The fraction of sp³-hybridized carbons (Fsp3) is 0.167. The summed E-state index contributed by atoms with van der Waals surface area (Å²) in [6.45, 7) is 3.47. The molecule has 2 aromatic carbocycles. The van der Waals surface area contributed by atoms with Crippen LogP contribution in [0.5, 0.6) is 5.75 Å². The number of para-hydroxylation sites is 1. The Kier molecular flexibility index (Phi) is 5.78. The Labute approximate surface area is 195 Å². The molecule has 0 spiro atoms. The lowest BCUT2D eigenvalue weighted by molar-refractivity contribution is -0.142. The summed E-state index contributed by atoms with van der Waals surface area (Å²) >= 11 is 6.18. The number of carboxylic acid groups (broad SMARTS) is 1. The number of hydrazone groups is 2. The zero-order valence-electron chi connectivity index (χ0n) is 17.9. The van der Waals surface area contributed by atoms with Gasteiger partial charge in [0.25, 0.3) is 0 Å². The largest absolute Gasteiger partial charge is 0.507 e. The number of nitrogens with one attached hydrogen (secondary N) is 1. The van der Waals surface area contributed by atoms with Gasteiger partial charge in [-0.05, 0) is 49.3 Å². The first-order chi connectivity index (χ1) is 15.7. The molecule has 2 aliphatic rings. The van der Waals surface area contributed by atoms with Crippen molar-refractivity contribution in [2.45, 2.75) is 25.8 Å². The Balaban J connectivity index is 1.61. The van der Waals surface area contributed by atoms with Crippen molar-refractivity contribution in [3.8, 4) is 5.75 Å². The molecule has 0 saturated carbocycles. The maximum atomic E-state index is 13.0. The normalized spacial score (nSPS) is 21.2. The van der Waals surface area contributed by atoms with Crippen LogP contribution in [-0.2, 0) is 9.59 Å². The van der Waals surface area contributed by atoms with Crippen LogP contribution in [0.4, 0.5) is 5.69 Å². The number of rotatable bonds is 5. The van der Waals surface area contributed by atoms with Crippen LogP contribution in [0.1, 0.15) is 24.5 Å². The quantitative estimate of drug-likeness (QED) is 0.581. The van der Waals surface area contributed by atoms with Crippen molar-refractivity contribution in [3.05, 3.63) is 76.8 Å². The van der Waals surface area contributed by atoms with Gasteiger partial charge in [0.15, 0.2) is 11.3 Å². The van der Waals surface area contributed by atoms with Gasteiger partial charge >= 0.3 is 11.9 Å². The summed E-state index contributed by atoms with van der Waals surface area (Å²) in [6.07, 6.45) is 4.80. The second kappa shape index (κ2) is 8.55. The Bertz CT molecular complexity index is 1280. The summed E-state index contributed by atoms with van der Waals surface area (Å²) < 4.78 is 0. The Morgan fingerprint density at radius 3 is 2.70 bits per heavy atom. The molecular weight excluding hydrogens is 444 g/mol.